The lowest BCUT2D eigenvalue weighted by Gasteiger charge is -2.17. The third-order valence-electron chi connectivity index (χ3n) is 3.83. The van der Waals surface area contributed by atoms with E-state index in [0.29, 0.717) is 0 Å². The fourth-order valence-corrected chi connectivity index (χ4v) is 2.90. The Morgan fingerprint density at radius 2 is 1.42 bits per heavy atom. The van der Waals surface area contributed by atoms with Crippen molar-refractivity contribution in [3.05, 3.63) is 70.8 Å². The first-order valence-electron chi connectivity index (χ1n) is 6.54. The molecule has 0 aliphatic heterocycles. The summed E-state index contributed by atoms with van der Waals surface area (Å²) in [6, 6.07) is 16.3. The van der Waals surface area contributed by atoms with Gasteiger partial charge in [-0.1, -0.05) is 48.5 Å². The number of carbonyl (C=O) groups is 1. The van der Waals surface area contributed by atoms with Gasteiger partial charge in [0.05, 0.1) is 7.11 Å². The SMILES string of the molecule is COC(=O)C1c2ccccc2CCc2ccccc21. The minimum absolute atomic E-state index is 0.179. The van der Waals surface area contributed by atoms with E-state index in [0.717, 1.165) is 24.0 Å². The summed E-state index contributed by atoms with van der Waals surface area (Å²) in [4.78, 5) is 12.2. The molecule has 0 fully saturated rings. The molecule has 2 aromatic rings. The number of methoxy groups -OCH3 is 1. The molecule has 0 amide bonds. The summed E-state index contributed by atoms with van der Waals surface area (Å²) in [6.07, 6.45) is 1.95. The Labute approximate surface area is 113 Å². The van der Waals surface area contributed by atoms with Gasteiger partial charge in [0.2, 0.25) is 0 Å². The molecule has 1 aliphatic rings. The summed E-state index contributed by atoms with van der Waals surface area (Å²) in [7, 11) is 1.46. The highest BCUT2D eigenvalue weighted by Gasteiger charge is 2.29. The van der Waals surface area contributed by atoms with Gasteiger partial charge >= 0.3 is 5.97 Å². The number of esters is 1. The first-order chi connectivity index (χ1) is 9.31. The van der Waals surface area contributed by atoms with Crippen molar-refractivity contribution in [3.8, 4) is 0 Å². The van der Waals surface area contributed by atoms with Gasteiger partial charge in [-0.25, -0.2) is 0 Å². The summed E-state index contributed by atoms with van der Waals surface area (Å²) in [5.74, 6) is -0.471. The molecule has 2 nitrogen and oxygen atoms in total. The van der Waals surface area contributed by atoms with Gasteiger partial charge in [0.15, 0.2) is 0 Å². The second-order valence-electron chi connectivity index (χ2n) is 4.85. The van der Waals surface area contributed by atoms with Crippen LogP contribution in [-0.2, 0) is 22.4 Å². The number of ether oxygens (including phenoxy) is 1. The van der Waals surface area contributed by atoms with Crippen LogP contribution < -0.4 is 0 Å². The van der Waals surface area contributed by atoms with Crippen LogP contribution in [0.2, 0.25) is 0 Å². The van der Waals surface area contributed by atoms with Crippen molar-refractivity contribution in [3.63, 3.8) is 0 Å². The summed E-state index contributed by atoms with van der Waals surface area (Å²) in [5, 5.41) is 0. The van der Waals surface area contributed by atoms with Crippen molar-refractivity contribution in [2.45, 2.75) is 18.8 Å². The van der Waals surface area contributed by atoms with Crippen molar-refractivity contribution >= 4 is 5.97 Å². The van der Waals surface area contributed by atoms with Crippen LogP contribution in [0, 0.1) is 0 Å². The number of benzene rings is 2. The van der Waals surface area contributed by atoms with Crippen molar-refractivity contribution in [2.75, 3.05) is 7.11 Å². The molecule has 0 heterocycles. The third kappa shape index (κ3) is 2.03. The first kappa shape index (κ1) is 12.0. The molecule has 96 valence electrons. The highest BCUT2D eigenvalue weighted by Crippen LogP contribution is 2.34. The smallest absolute Gasteiger partial charge is 0.317 e. The molecule has 0 N–H and O–H groups in total. The predicted octanol–water partition coefficient (Wildman–Crippen LogP) is 3.09. The molecular formula is C17H16O2. The Morgan fingerprint density at radius 1 is 0.947 bits per heavy atom. The molecule has 2 heteroatoms. The van der Waals surface area contributed by atoms with E-state index in [1.165, 1.54) is 18.2 Å². The van der Waals surface area contributed by atoms with E-state index in [-0.39, 0.29) is 11.9 Å². The minimum atomic E-state index is -0.292. The second-order valence-corrected chi connectivity index (χ2v) is 4.85. The third-order valence-corrected chi connectivity index (χ3v) is 3.83. The average molecular weight is 252 g/mol. The van der Waals surface area contributed by atoms with E-state index in [1.807, 2.05) is 36.4 Å². The fourth-order valence-electron chi connectivity index (χ4n) is 2.90. The molecule has 0 atom stereocenters. The normalized spacial score (nSPS) is 14.2. The highest BCUT2D eigenvalue weighted by molar-refractivity contribution is 5.83. The maximum atomic E-state index is 12.2. The summed E-state index contributed by atoms with van der Waals surface area (Å²) < 4.78 is 5.02. The minimum Gasteiger partial charge on any atom is -0.468 e. The van der Waals surface area contributed by atoms with Crippen molar-refractivity contribution < 1.29 is 9.53 Å². The maximum Gasteiger partial charge on any atom is 0.317 e. The zero-order valence-electron chi connectivity index (χ0n) is 10.9. The Kier molecular flexibility index (Phi) is 3.08. The van der Waals surface area contributed by atoms with Gasteiger partial charge < -0.3 is 4.74 Å². The van der Waals surface area contributed by atoms with Crippen LogP contribution >= 0.6 is 0 Å². The number of carbonyl (C=O) groups excluding carboxylic acids is 1. The van der Waals surface area contributed by atoms with Crippen molar-refractivity contribution in [2.24, 2.45) is 0 Å². The topological polar surface area (TPSA) is 26.3 Å². The molecule has 0 unspecified atom stereocenters. The lowest BCUT2D eigenvalue weighted by atomic mass is 9.88. The molecule has 0 spiro atoms. The second kappa shape index (κ2) is 4.88. The van der Waals surface area contributed by atoms with Gasteiger partial charge in [0, 0.05) is 0 Å². The monoisotopic (exact) mass is 252 g/mol. The largest absolute Gasteiger partial charge is 0.468 e. The molecule has 19 heavy (non-hydrogen) atoms. The summed E-state index contributed by atoms with van der Waals surface area (Å²) >= 11 is 0. The van der Waals surface area contributed by atoms with Gasteiger partial charge in [-0.15, -0.1) is 0 Å². The number of rotatable bonds is 1. The number of hydrogen-bond acceptors (Lipinski definition) is 2. The van der Waals surface area contributed by atoms with Crippen LogP contribution in [0.15, 0.2) is 48.5 Å². The van der Waals surface area contributed by atoms with E-state index in [9.17, 15) is 4.79 Å². The number of fused-ring (bicyclic) bond motifs is 2. The molecule has 0 saturated carbocycles. The Balaban J connectivity index is 2.22. The molecule has 0 aromatic heterocycles. The molecule has 0 bridgehead atoms. The van der Waals surface area contributed by atoms with E-state index in [2.05, 4.69) is 12.1 Å². The molecule has 3 rings (SSSR count). The van der Waals surface area contributed by atoms with E-state index < -0.39 is 0 Å². The maximum absolute atomic E-state index is 12.2. The molecule has 0 radical (unpaired) electrons. The van der Waals surface area contributed by atoms with Crippen LogP contribution in [0.1, 0.15) is 28.2 Å². The van der Waals surface area contributed by atoms with E-state index >= 15 is 0 Å². The first-order valence-corrected chi connectivity index (χ1v) is 6.54. The molecule has 2 aromatic carbocycles. The van der Waals surface area contributed by atoms with E-state index in [4.69, 9.17) is 4.74 Å². The van der Waals surface area contributed by atoms with Crippen LogP contribution in [0.25, 0.3) is 0 Å². The fraction of sp³-hybridized carbons (Fsp3) is 0.235. The van der Waals surface area contributed by atoms with Crippen molar-refractivity contribution in [1.82, 2.24) is 0 Å². The predicted molar refractivity (Wildman–Crippen MR) is 74.2 cm³/mol. The molecule has 1 aliphatic carbocycles. The van der Waals surface area contributed by atoms with Gasteiger partial charge in [0.25, 0.3) is 0 Å². The summed E-state index contributed by atoms with van der Waals surface area (Å²) in [5.41, 5.74) is 4.65. The molecule has 0 saturated heterocycles. The number of aryl methyl sites for hydroxylation is 2. The standard InChI is InChI=1S/C17H16O2/c1-19-17(18)16-14-8-4-2-6-12(14)10-11-13-7-3-5-9-15(13)16/h2-9,16H,10-11H2,1H3. The van der Waals surface area contributed by atoms with Gasteiger partial charge in [-0.2, -0.15) is 0 Å². The van der Waals surface area contributed by atoms with Gasteiger partial charge in [-0.3, -0.25) is 4.79 Å². The Hall–Kier alpha value is -2.09. The van der Waals surface area contributed by atoms with E-state index in [1.54, 1.807) is 0 Å². The quantitative estimate of drug-likeness (QED) is 0.729. The van der Waals surface area contributed by atoms with Crippen LogP contribution in [-0.4, -0.2) is 13.1 Å². The number of hydrogen-bond donors (Lipinski definition) is 0. The summed E-state index contributed by atoms with van der Waals surface area (Å²) in [6.45, 7) is 0. The highest BCUT2D eigenvalue weighted by atomic mass is 16.5. The lowest BCUT2D eigenvalue weighted by molar-refractivity contribution is -0.141. The van der Waals surface area contributed by atoms with Gasteiger partial charge in [-0.05, 0) is 35.1 Å². The van der Waals surface area contributed by atoms with Crippen LogP contribution in [0.5, 0.6) is 0 Å². The van der Waals surface area contributed by atoms with Gasteiger partial charge in [0.1, 0.15) is 5.92 Å². The zero-order chi connectivity index (χ0) is 13.2. The molecular weight excluding hydrogens is 236 g/mol. The Bertz CT molecular complexity index is 569. The van der Waals surface area contributed by atoms with Crippen LogP contribution in [0.4, 0.5) is 0 Å². The Morgan fingerprint density at radius 3 is 1.89 bits per heavy atom. The zero-order valence-corrected chi connectivity index (χ0v) is 10.9. The van der Waals surface area contributed by atoms with Crippen molar-refractivity contribution in [1.29, 1.82) is 0 Å². The average Bonchev–Trinajstić information content (AvgIpc) is 2.63. The van der Waals surface area contributed by atoms with Crippen LogP contribution in [0.3, 0.4) is 0 Å². The lowest BCUT2D eigenvalue weighted by Crippen LogP contribution is -2.17.